The molecule has 16 heavy (non-hydrogen) atoms. The summed E-state index contributed by atoms with van der Waals surface area (Å²) in [7, 11) is 0. The maximum atomic E-state index is 11.5. The second-order valence-electron chi connectivity index (χ2n) is 3.82. The summed E-state index contributed by atoms with van der Waals surface area (Å²) in [5, 5.41) is 2.65. The van der Waals surface area contributed by atoms with E-state index in [4.69, 9.17) is 10.2 Å². The molecule has 0 aromatic carbocycles. The molecule has 3 N–H and O–H groups in total. The van der Waals surface area contributed by atoms with Gasteiger partial charge >= 0.3 is 0 Å². The number of nitrogens with two attached hydrogens (primary N) is 1. The molecule has 1 rings (SSSR count). The molecule has 1 atom stereocenters. The molecule has 0 radical (unpaired) electrons. The van der Waals surface area contributed by atoms with E-state index in [1.54, 1.807) is 0 Å². The Labute approximate surface area is 100 Å². The third kappa shape index (κ3) is 3.24. The summed E-state index contributed by atoms with van der Waals surface area (Å²) < 4.78 is 5.17. The van der Waals surface area contributed by atoms with Gasteiger partial charge in [-0.25, -0.2) is 4.98 Å². The fourth-order valence-corrected chi connectivity index (χ4v) is 1.20. The summed E-state index contributed by atoms with van der Waals surface area (Å²) in [6.07, 6.45) is 1.32. The van der Waals surface area contributed by atoms with Gasteiger partial charge in [-0.15, -0.1) is 0 Å². The van der Waals surface area contributed by atoms with E-state index in [-0.39, 0.29) is 23.6 Å². The zero-order valence-electron chi connectivity index (χ0n) is 9.43. The summed E-state index contributed by atoms with van der Waals surface area (Å²) in [6.45, 7) is 4.44. The number of nitrogens with one attached hydrogen (secondary N) is 1. The van der Waals surface area contributed by atoms with E-state index in [1.807, 2.05) is 13.8 Å². The Kier molecular flexibility index (Phi) is 4.82. The maximum absolute atomic E-state index is 11.5. The molecule has 90 valence electrons. The van der Waals surface area contributed by atoms with E-state index < -0.39 is 0 Å². The number of carbonyl (C=O) groups is 1. The Morgan fingerprint density at radius 2 is 2.38 bits per heavy atom. The topological polar surface area (TPSA) is 81.1 Å². The van der Waals surface area contributed by atoms with Gasteiger partial charge in [0.05, 0.1) is 6.04 Å². The lowest BCUT2D eigenvalue weighted by Gasteiger charge is -2.10. The van der Waals surface area contributed by atoms with Gasteiger partial charge in [-0.3, -0.25) is 4.79 Å². The van der Waals surface area contributed by atoms with Crippen LogP contribution in [-0.4, -0.2) is 23.2 Å². The van der Waals surface area contributed by atoms with Gasteiger partial charge in [-0.2, -0.15) is 12.6 Å². The summed E-state index contributed by atoms with van der Waals surface area (Å²) in [6, 6.07) is -0.286. The fourth-order valence-electron chi connectivity index (χ4n) is 1.09. The average Bonchev–Trinajstić information content (AvgIpc) is 2.73. The Bertz CT molecular complexity index is 352. The van der Waals surface area contributed by atoms with Crippen LogP contribution in [0.15, 0.2) is 10.7 Å². The Morgan fingerprint density at radius 1 is 1.69 bits per heavy atom. The van der Waals surface area contributed by atoms with Crippen molar-refractivity contribution in [3.63, 3.8) is 0 Å². The van der Waals surface area contributed by atoms with Crippen LogP contribution >= 0.6 is 12.6 Å². The first-order valence-corrected chi connectivity index (χ1v) is 5.79. The van der Waals surface area contributed by atoms with Crippen molar-refractivity contribution in [1.82, 2.24) is 10.3 Å². The molecule has 5 nitrogen and oxygen atoms in total. The van der Waals surface area contributed by atoms with Crippen LogP contribution < -0.4 is 11.1 Å². The minimum atomic E-state index is -0.286. The van der Waals surface area contributed by atoms with Crippen molar-refractivity contribution in [1.29, 1.82) is 0 Å². The van der Waals surface area contributed by atoms with Crippen LogP contribution in [0, 0.1) is 5.92 Å². The molecule has 0 saturated heterocycles. The number of hydrogen-bond acceptors (Lipinski definition) is 5. The SMILES string of the molecule is CC(C)C(N)c1nc(C(=O)NCCS)co1. The Morgan fingerprint density at radius 3 is 2.94 bits per heavy atom. The molecule has 0 saturated carbocycles. The van der Waals surface area contributed by atoms with Crippen molar-refractivity contribution in [3.8, 4) is 0 Å². The zero-order chi connectivity index (χ0) is 12.1. The molecule has 6 heteroatoms. The highest BCUT2D eigenvalue weighted by Crippen LogP contribution is 2.17. The average molecular weight is 243 g/mol. The number of hydrogen-bond donors (Lipinski definition) is 3. The van der Waals surface area contributed by atoms with Crippen LogP contribution in [0.2, 0.25) is 0 Å². The van der Waals surface area contributed by atoms with Crippen LogP contribution in [0.4, 0.5) is 0 Å². The molecule has 1 unspecified atom stereocenters. The standard InChI is InChI=1S/C10H17N3O2S/c1-6(2)8(11)10-13-7(5-15-10)9(14)12-3-4-16/h5-6,8,16H,3-4,11H2,1-2H3,(H,12,14). The van der Waals surface area contributed by atoms with Gasteiger partial charge in [0.25, 0.3) is 5.91 Å². The number of oxazole rings is 1. The maximum Gasteiger partial charge on any atom is 0.273 e. The molecule has 1 amide bonds. The van der Waals surface area contributed by atoms with Crippen LogP contribution in [0.1, 0.15) is 36.3 Å². The molecule has 0 bridgehead atoms. The van der Waals surface area contributed by atoms with Crippen molar-refractivity contribution < 1.29 is 9.21 Å². The Balaban J connectivity index is 2.67. The van der Waals surface area contributed by atoms with Crippen molar-refractivity contribution in [2.75, 3.05) is 12.3 Å². The monoisotopic (exact) mass is 243 g/mol. The van der Waals surface area contributed by atoms with E-state index in [2.05, 4.69) is 22.9 Å². The van der Waals surface area contributed by atoms with E-state index >= 15 is 0 Å². The lowest BCUT2D eigenvalue weighted by atomic mass is 10.1. The van der Waals surface area contributed by atoms with Gasteiger partial charge in [0.2, 0.25) is 5.89 Å². The molecule has 1 heterocycles. The van der Waals surface area contributed by atoms with Crippen molar-refractivity contribution >= 4 is 18.5 Å². The highest BCUT2D eigenvalue weighted by atomic mass is 32.1. The summed E-state index contributed by atoms with van der Waals surface area (Å²) in [5.41, 5.74) is 6.11. The first-order valence-electron chi connectivity index (χ1n) is 5.16. The molecule has 0 spiro atoms. The van der Waals surface area contributed by atoms with Gasteiger partial charge in [-0.05, 0) is 5.92 Å². The molecule has 0 fully saturated rings. The summed E-state index contributed by atoms with van der Waals surface area (Å²) in [5.74, 6) is 0.931. The third-order valence-electron chi connectivity index (χ3n) is 2.16. The minimum absolute atomic E-state index is 0.215. The first kappa shape index (κ1) is 13.1. The number of amides is 1. The van der Waals surface area contributed by atoms with Crippen molar-refractivity contribution in [3.05, 3.63) is 17.8 Å². The second-order valence-corrected chi connectivity index (χ2v) is 4.27. The van der Waals surface area contributed by atoms with E-state index in [1.165, 1.54) is 6.26 Å². The molecule has 0 aliphatic carbocycles. The van der Waals surface area contributed by atoms with Gasteiger partial charge in [0, 0.05) is 12.3 Å². The zero-order valence-corrected chi connectivity index (χ0v) is 10.3. The molecular formula is C10H17N3O2S. The molecule has 1 aromatic heterocycles. The van der Waals surface area contributed by atoms with Gasteiger partial charge in [-0.1, -0.05) is 13.8 Å². The lowest BCUT2D eigenvalue weighted by Crippen LogP contribution is -2.26. The van der Waals surface area contributed by atoms with Gasteiger partial charge < -0.3 is 15.5 Å². The number of rotatable bonds is 5. The van der Waals surface area contributed by atoms with Crippen LogP contribution in [-0.2, 0) is 0 Å². The van der Waals surface area contributed by atoms with E-state index in [9.17, 15) is 4.79 Å². The van der Waals surface area contributed by atoms with Crippen molar-refractivity contribution in [2.24, 2.45) is 11.7 Å². The van der Waals surface area contributed by atoms with Crippen LogP contribution in [0.5, 0.6) is 0 Å². The predicted molar refractivity (Wildman–Crippen MR) is 64.5 cm³/mol. The van der Waals surface area contributed by atoms with Gasteiger partial charge in [0.15, 0.2) is 5.69 Å². The fraction of sp³-hybridized carbons (Fsp3) is 0.600. The third-order valence-corrected chi connectivity index (χ3v) is 2.38. The Hall–Kier alpha value is -1.01. The van der Waals surface area contributed by atoms with Crippen LogP contribution in [0.3, 0.4) is 0 Å². The quantitative estimate of drug-likeness (QED) is 0.674. The van der Waals surface area contributed by atoms with Crippen LogP contribution in [0.25, 0.3) is 0 Å². The first-order chi connectivity index (χ1) is 7.56. The molecular weight excluding hydrogens is 226 g/mol. The second kappa shape index (κ2) is 5.91. The smallest absolute Gasteiger partial charge is 0.273 e. The van der Waals surface area contributed by atoms with Crippen molar-refractivity contribution in [2.45, 2.75) is 19.9 Å². The van der Waals surface area contributed by atoms with E-state index in [0.29, 0.717) is 18.2 Å². The number of thiol groups is 1. The number of aromatic nitrogens is 1. The number of carbonyl (C=O) groups excluding carboxylic acids is 1. The highest BCUT2D eigenvalue weighted by molar-refractivity contribution is 7.80. The molecule has 1 aromatic rings. The van der Waals surface area contributed by atoms with Gasteiger partial charge in [0.1, 0.15) is 6.26 Å². The predicted octanol–water partition coefficient (Wildman–Crippen LogP) is 0.990. The number of nitrogens with zero attached hydrogens (tertiary/aromatic N) is 1. The molecule has 0 aliphatic rings. The normalized spacial score (nSPS) is 12.8. The summed E-state index contributed by atoms with van der Waals surface area (Å²) >= 11 is 3.99. The van der Waals surface area contributed by atoms with E-state index in [0.717, 1.165) is 0 Å². The largest absolute Gasteiger partial charge is 0.446 e. The minimum Gasteiger partial charge on any atom is -0.446 e. The molecule has 0 aliphatic heterocycles. The summed E-state index contributed by atoms with van der Waals surface area (Å²) in [4.78, 5) is 15.6. The highest BCUT2D eigenvalue weighted by Gasteiger charge is 2.18. The lowest BCUT2D eigenvalue weighted by molar-refractivity contribution is 0.0951.